The fraction of sp³-hybridized carbons (Fsp3) is 0.368. The Hall–Kier alpha value is -1.64. The van der Waals surface area contributed by atoms with E-state index in [1.54, 1.807) is 0 Å². The lowest BCUT2D eigenvalue weighted by Gasteiger charge is -2.29. The second-order valence-corrected chi connectivity index (χ2v) is 5.96. The average Bonchev–Trinajstić information content (AvgIpc) is 2.48. The van der Waals surface area contributed by atoms with Gasteiger partial charge in [-0.15, -0.1) is 0 Å². The Kier molecular flexibility index (Phi) is 5.97. The monoisotopic (exact) mass is 282 g/mol. The van der Waals surface area contributed by atoms with Crippen LogP contribution >= 0.6 is 0 Å². The highest BCUT2D eigenvalue weighted by Crippen LogP contribution is 2.10. The average molecular weight is 282 g/mol. The molecule has 0 fully saturated rings. The van der Waals surface area contributed by atoms with Gasteiger partial charge in [0.1, 0.15) is 0 Å². The molecule has 112 valence electrons. The fourth-order valence-corrected chi connectivity index (χ4v) is 2.56. The number of hydrogen-bond acceptors (Lipinski definition) is 2. The van der Waals surface area contributed by atoms with Crippen molar-refractivity contribution in [3.63, 3.8) is 0 Å². The number of nitrogens with zero attached hydrogens (tertiary/aromatic N) is 1. The molecule has 0 saturated carbocycles. The number of benzene rings is 2. The Morgan fingerprint density at radius 1 is 0.857 bits per heavy atom. The third kappa shape index (κ3) is 5.33. The van der Waals surface area contributed by atoms with E-state index in [9.17, 15) is 0 Å². The maximum Gasteiger partial charge on any atom is 0.0237 e. The van der Waals surface area contributed by atoms with Crippen LogP contribution in [-0.2, 0) is 13.0 Å². The molecule has 2 nitrogen and oxygen atoms in total. The van der Waals surface area contributed by atoms with Crippen molar-refractivity contribution >= 4 is 0 Å². The largest absolute Gasteiger partial charge is 0.326 e. The first-order chi connectivity index (χ1) is 10.1. The van der Waals surface area contributed by atoms with Crippen LogP contribution in [0.2, 0.25) is 0 Å². The molecule has 1 unspecified atom stereocenters. The first-order valence-corrected chi connectivity index (χ1v) is 7.72. The molecule has 2 rings (SSSR count). The number of rotatable bonds is 7. The Morgan fingerprint density at radius 3 is 1.90 bits per heavy atom. The van der Waals surface area contributed by atoms with E-state index in [-0.39, 0.29) is 6.04 Å². The molecule has 0 aromatic heterocycles. The van der Waals surface area contributed by atoms with E-state index in [0.29, 0.717) is 6.04 Å². The number of hydrogen-bond donors (Lipinski definition) is 1. The normalized spacial score (nSPS) is 12.8. The van der Waals surface area contributed by atoms with Gasteiger partial charge in [-0.3, -0.25) is 4.90 Å². The van der Waals surface area contributed by atoms with Crippen LogP contribution in [-0.4, -0.2) is 23.5 Å². The summed E-state index contributed by atoms with van der Waals surface area (Å²) in [7, 11) is 0. The summed E-state index contributed by atoms with van der Waals surface area (Å²) in [6, 6.07) is 21.8. The van der Waals surface area contributed by atoms with Crippen molar-refractivity contribution in [2.45, 2.75) is 38.9 Å². The molecule has 0 aliphatic rings. The maximum atomic E-state index is 6.36. The first-order valence-electron chi connectivity index (χ1n) is 7.72. The second kappa shape index (κ2) is 7.96. The van der Waals surface area contributed by atoms with E-state index in [0.717, 1.165) is 19.5 Å². The fourth-order valence-electron chi connectivity index (χ4n) is 2.56. The second-order valence-electron chi connectivity index (χ2n) is 5.96. The van der Waals surface area contributed by atoms with Crippen molar-refractivity contribution in [2.24, 2.45) is 5.73 Å². The molecule has 0 spiro atoms. The molecule has 0 aliphatic heterocycles. The zero-order chi connectivity index (χ0) is 15.1. The quantitative estimate of drug-likeness (QED) is 0.842. The maximum absolute atomic E-state index is 6.36. The van der Waals surface area contributed by atoms with Crippen LogP contribution in [0.3, 0.4) is 0 Å². The molecule has 0 amide bonds. The van der Waals surface area contributed by atoms with Gasteiger partial charge in [-0.2, -0.15) is 0 Å². The zero-order valence-electron chi connectivity index (χ0n) is 13.1. The lowest BCUT2D eigenvalue weighted by Crippen LogP contribution is -2.41. The molecular formula is C19H26N2. The van der Waals surface area contributed by atoms with E-state index in [2.05, 4.69) is 73.3 Å². The Balaban J connectivity index is 1.93. The van der Waals surface area contributed by atoms with E-state index in [4.69, 9.17) is 5.73 Å². The molecular weight excluding hydrogens is 256 g/mol. The Bertz CT molecular complexity index is 508. The topological polar surface area (TPSA) is 29.3 Å². The summed E-state index contributed by atoms with van der Waals surface area (Å²) in [6.07, 6.45) is 0.929. The van der Waals surface area contributed by atoms with Gasteiger partial charge in [0.05, 0.1) is 0 Å². The van der Waals surface area contributed by atoms with Crippen molar-refractivity contribution < 1.29 is 0 Å². The van der Waals surface area contributed by atoms with Crippen LogP contribution in [0.25, 0.3) is 0 Å². The standard InChI is InChI=1S/C19H26N2/c1-16(2)21(14-18-11-7-4-8-12-18)15-19(20)13-17-9-5-3-6-10-17/h3-12,16,19H,13-15,20H2,1-2H3. The highest BCUT2D eigenvalue weighted by atomic mass is 15.2. The molecule has 2 aromatic carbocycles. The summed E-state index contributed by atoms with van der Waals surface area (Å²) in [5.41, 5.74) is 9.02. The summed E-state index contributed by atoms with van der Waals surface area (Å²) in [4.78, 5) is 2.45. The smallest absolute Gasteiger partial charge is 0.0237 e. The molecule has 0 heterocycles. The van der Waals surface area contributed by atoms with E-state index in [1.807, 2.05) is 6.07 Å². The van der Waals surface area contributed by atoms with E-state index < -0.39 is 0 Å². The molecule has 2 heteroatoms. The van der Waals surface area contributed by atoms with Crippen LogP contribution in [0.1, 0.15) is 25.0 Å². The van der Waals surface area contributed by atoms with Gasteiger partial charge in [-0.05, 0) is 31.4 Å². The minimum Gasteiger partial charge on any atom is -0.326 e. The summed E-state index contributed by atoms with van der Waals surface area (Å²) in [6.45, 7) is 6.35. The van der Waals surface area contributed by atoms with Crippen molar-refractivity contribution in [2.75, 3.05) is 6.54 Å². The summed E-state index contributed by atoms with van der Waals surface area (Å²) < 4.78 is 0. The molecule has 0 radical (unpaired) electrons. The number of nitrogens with two attached hydrogens (primary N) is 1. The first kappa shape index (κ1) is 15.7. The van der Waals surface area contributed by atoms with Gasteiger partial charge in [0, 0.05) is 25.2 Å². The minimum absolute atomic E-state index is 0.165. The van der Waals surface area contributed by atoms with Crippen LogP contribution in [0.4, 0.5) is 0 Å². The minimum atomic E-state index is 0.165. The highest BCUT2D eigenvalue weighted by Gasteiger charge is 2.14. The van der Waals surface area contributed by atoms with Gasteiger partial charge in [0.25, 0.3) is 0 Å². The SMILES string of the molecule is CC(C)N(Cc1ccccc1)CC(N)Cc1ccccc1. The Labute approximate surface area is 128 Å². The predicted molar refractivity (Wildman–Crippen MR) is 90.1 cm³/mol. The van der Waals surface area contributed by atoms with Crippen LogP contribution in [0, 0.1) is 0 Å². The van der Waals surface area contributed by atoms with Crippen molar-refractivity contribution in [1.29, 1.82) is 0 Å². The molecule has 0 saturated heterocycles. The van der Waals surface area contributed by atoms with Crippen molar-refractivity contribution in [1.82, 2.24) is 4.90 Å². The van der Waals surface area contributed by atoms with Gasteiger partial charge in [-0.1, -0.05) is 60.7 Å². The lowest BCUT2D eigenvalue weighted by atomic mass is 10.1. The molecule has 0 bridgehead atoms. The van der Waals surface area contributed by atoms with Gasteiger partial charge in [0.15, 0.2) is 0 Å². The van der Waals surface area contributed by atoms with Crippen molar-refractivity contribution in [3.8, 4) is 0 Å². The van der Waals surface area contributed by atoms with Crippen LogP contribution < -0.4 is 5.73 Å². The molecule has 2 aromatic rings. The summed E-state index contributed by atoms with van der Waals surface area (Å²) >= 11 is 0. The third-order valence-corrected chi connectivity index (χ3v) is 3.77. The molecule has 21 heavy (non-hydrogen) atoms. The zero-order valence-corrected chi connectivity index (χ0v) is 13.1. The van der Waals surface area contributed by atoms with Crippen LogP contribution in [0.15, 0.2) is 60.7 Å². The van der Waals surface area contributed by atoms with Crippen molar-refractivity contribution in [3.05, 3.63) is 71.8 Å². The van der Waals surface area contributed by atoms with Crippen LogP contribution in [0.5, 0.6) is 0 Å². The van der Waals surface area contributed by atoms with Gasteiger partial charge in [0.2, 0.25) is 0 Å². The predicted octanol–water partition coefficient (Wildman–Crippen LogP) is 3.47. The molecule has 1 atom stereocenters. The van der Waals surface area contributed by atoms with E-state index in [1.165, 1.54) is 11.1 Å². The summed E-state index contributed by atoms with van der Waals surface area (Å²) in [5, 5.41) is 0. The Morgan fingerprint density at radius 2 is 1.38 bits per heavy atom. The highest BCUT2D eigenvalue weighted by molar-refractivity contribution is 5.16. The molecule has 0 aliphatic carbocycles. The third-order valence-electron chi connectivity index (χ3n) is 3.77. The van der Waals surface area contributed by atoms with Gasteiger partial charge in [-0.25, -0.2) is 0 Å². The molecule has 2 N–H and O–H groups in total. The van der Waals surface area contributed by atoms with Gasteiger partial charge >= 0.3 is 0 Å². The summed E-state index contributed by atoms with van der Waals surface area (Å²) in [5.74, 6) is 0. The van der Waals surface area contributed by atoms with Gasteiger partial charge < -0.3 is 5.73 Å². The van der Waals surface area contributed by atoms with E-state index >= 15 is 0 Å². The lowest BCUT2D eigenvalue weighted by molar-refractivity contribution is 0.199.